The van der Waals surface area contributed by atoms with E-state index in [1.165, 1.54) is 16.7 Å². The minimum atomic E-state index is -0.238. The highest BCUT2D eigenvalue weighted by Crippen LogP contribution is 2.46. The van der Waals surface area contributed by atoms with Gasteiger partial charge in [0.2, 0.25) is 0 Å². The van der Waals surface area contributed by atoms with Crippen LogP contribution in [-0.4, -0.2) is 29.3 Å². The summed E-state index contributed by atoms with van der Waals surface area (Å²) in [7, 11) is 0. The van der Waals surface area contributed by atoms with Crippen molar-refractivity contribution in [2.24, 2.45) is 5.92 Å². The Morgan fingerprint density at radius 1 is 1.12 bits per heavy atom. The fourth-order valence-corrected chi connectivity index (χ4v) is 4.04. The topological polar surface area (TPSA) is 32.8 Å². The smallest absolute Gasteiger partial charge is 0.425 e. The second kappa shape index (κ2) is 6.29. The van der Waals surface area contributed by atoms with E-state index in [0.717, 1.165) is 19.5 Å². The Balaban J connectivity index is 1.65. The van der Waals surface area contributed by atoms with Crippen LogP contribution in [0.2, 0.25) is 0 Å². The summed E-state index contributed by atoms with van der Waals surface area (Å²) in [6.45, 7) is 3.87. The summed E-state index contributed by atoms with van der Waals surface area (Å²) in [6, 6.07) is 18.9. The number of benzene rings is 2. The van der Waals surface area contributed by atoms with E-state index in [4.69, 9.17) is 4.74 Å². The largest absolute Gasteiger partial charge is 0.449 e. The number of amides is 1. The molecule has 2 aliphatic rings. The number of ether oxygens (including phenoxy) is 1. The maximum absolute atomic E-state index is 12.7. The van der Waals surface area contributed by atoms with Crippen LogP contribution in [0, 0.1) is 5.92 Å². The van der Waals surface area contributed by atoms with Crippen molar-refractivity contribution in [2.45, 2.75) is 25.9 Å². The van der Waals surface area contributed by atoms with Gasteiger partial charge in [-0.25, -0.2) is 14.8 Å². The van der Waals surface area contributed by atoms with Crippen LogP contribution in [0.4, 0.5) is 4.79 Å². The first-order valence-electron chi connectivity index (χ1n) is 8.60. The zero-order valence-electron chi connectivity index (χ0n) is 13.9. The SMILES string of the molecule is CCOC(=O)N1[C@H]2c3ccccc3C[C@H]2CN1Cc1ccccc1. The molecule has 2 aromatic carbocycles. The number of hydrogen-bond acceptors (Lipinski definition) is 3. The van der Waals surface area contributed by atoms with Gasteiger partial charge in [-0.1, -0.05) is 54.6 Å². The molecule has 0 spiro atoms. The molecule has 4 rings (SSSR count). The normalized spacial score (nSPS) is 22.3. The third-order valence-corrected chi connectivity index (χ3v) is 4.98. The number of carbonyl (C=O) groups excluding carboxylic acids is 1. The highest BCUT2D eigenvalue weighted by molar-refractivity contribution is 5.69. The molecule has 2 atom stereocenters. The summed E-state index contributed by atoms with van der Waals surface area (Å²) in [6.07, 6.45) is 0.791. The lowest BCUT2D eigenvalue weighted by Gasteiger charge is -2.31. The van der Waals surface area contributed by atoms with E-state index in [1.807, 2.05) is 30.1 Å². The Labute approximate surface area is 142 Å². The zero-order chi connectivity index (χ0) is 16.5. The number of hydrazine groups is 1. The number of rotatable bonds is 3. The molecule has 1 amide bonds. The molecule has 1 fully saturated rings. The maximum Gasteiger partial charge on any atom is 0.425 e. The van der Waals surface area contributed by atoms with Gasteiger partial charge in [-0.2, -0.15) is 0 Å². The fraction of sp³-hybridized carbons (Fsp3) is 0.350. The summed E-state index contributed by atoms with van der Waals surface area (Å²) in [4.78, 5) is 12.7. The van der Waals surface area contributed by atoms with E-state index in [1.54, 1.807) is 0 Å². The number of nitrogens with zero attached hydrogens (tertiary/aromatic N) is 2. The van der Waals surface area contributed by atoms with Crippen LogP contribution >= 0.6 is 0 Å². The molecule has 1 saturated heterocycles. The van der Waals surface area contributed by atoms with Gasteiger partial charge in [0.1, 0.15) is 0 Å². The van der Waals surface area contributed by atoms with Gasteiger partial charge < -0.3 is 4.74 Å². The first-order valence-corrected chi connectivity index (χ1v) is 8.60. The monoisotopic (exact) mass is 322 g/mol. The van der Waals surface area contributed by atoms with E-state index in [2.05, 4.69) is 41.4 Å². The average Bonchev–Trinajstić information content (AvgIpc) is 3.11. The molecule has 1 aliphatic heterocycles. The summed E-state index contributed by atoms with van der Waals surface area (Å²) >= 11 is 0. The van der Waals surface area contributed by atoms with E-state index < -0.39 is 0 Å². The molecule has 0 radical (unpaired) electrons. The summed E-state index contributed by atoms with van der Waals surface area (Å²) < 4.78 is 5.36. The molecule has 2 aromatic rings. The third-order valence-electron chi connectivity index (χ3n) is 4.98. The van der Waals surface area contributed by atoms with Gasteiger partial charge in [-0.3, -0.25) is 0 Å². The molecular formula is C20H22N2O2. The van der Waals surface area contributed by atoms with Crippen molar-refractivity contribution in [2.75, 3.05) is 13.2 Å². The van der Waals surface area contributed by atoms with Crippen LogP contribution < -0.4 is 0 Å². The van der Waals surface area contributed by atoms with E-state index >= 15 is 0 Å². The predicted octanol–water partition coefficient (Wildman–Crippen LogP) is 3.79. The van der Waals surface area contributed by atoms with Gasteiger partial charge in [0.05, 0.1) is 12.6 Å². The van der Waals surface area contributed by atoms with Crippen LogP contribution in [-0.2, 0) is 17.7 Å². The molecule has 4 nitrogen and oxygen atoms in total. The molecule has 1 heterocycles. The van der Waals surface area contributed by atoms with Crippen LogP contribution in [0.5, 0.6) is 0 Å². The number of carbonyl (C=O) groups is 1. The molecule has 24 heavy (non-hydrogen) atoms. The Bertz CT molecular complexity index is 731. The molecule has 0 aromatic heterocycles. The standard InChI is InChI=1S/C20H22N2O2/c1-2-24-20(23)22-19-17(12-16-10-6-7-11-18(16)19)14-21(22)13-15-8-4-3-5-9-15/h3-11,17,19H,2,12-14H2,1H3/t17-,19+/m0/s1. The molecule has 0 N–H and O–H groups in total. The van der Waals surface area contributed by atoms with E-state index in [-0.39, 0.29) is 12.1 Å². The minimum absolute atomic E-state index is 0.101. The molecule has 0 unspecified atom stereocenters. The third kappa shape index (κ3) is 2.57. The van der Waals surface area contributed by atoms with Gasteiger partial charge >= 0.3 is 6.09 Å². The summed E-state index contributed by atoms with van der Waals surface area (Å²) in [5, 5.41) is 4.01. The van der Waals surface area contributed by atoms with Crippen molar-refractivity contribution < 1.29 is 9.53 Å². The van der Waals surface area contributed by atoms with Crippen molar-refractivity contribution in [1.82, 2.24) is 10.0 Å². The molecular weight excluding hydrogens is 300 g/mol. The Morgan fingerprint density at radius 3 is 2.67 bits per heavy atom. The lowest BCUT2D eigenvalue weighted by molar-refractivity contribution is -0.0113. The highest BCUT2D eigenvalue weighted by Gasteiger charge is 2.48. The van der Waals surface area contributed by atoms with Crippen LogP contribution in [0.15, 0.2) is 54.6 Å². The molecule has 1 aliphatic carbocycles. The van der Waals surface area contributed by atoms with Crippen molar-refractivity contribution in [3.63, 3.8) is 0 Å². The van der Waals surface area contributed by atoms with Gasteiger partial charge in [0.15, 0.2) is 0 Å². The second-order valence-corrected chi connectivity index (χ2v) is 6.48. The Morgan fingerprint density at radius 2 is 1.88 bits per heavy atom. The van der Waals surface area contributed by atoms with Crippen LogP contribution in [0.1, 0.15) is 29.7 Å². The summed E-state index contributed by atoms with van der Waals surface area (Å²) in [5.41, 5.74) is 3.84. The number of hydrogen-bond donors (Lipinski definition) is 0. The average molecular weight is 322 g/mol. The Kier molecular flexibility index (Phi) is 3.98. The summed E-state index contributed by atoms with van der Waals surface area (Å²) in [5.74, 6) is 0.440. The van der Waals surface area contributed by atoms with Gasteiger partial charge in [-0.15, -0.1) is 0 Å². The van der Waals surface area contributed by atoms with Crippen LogP contribution in [0.25, 0.3) is 0 Å². The predicted molar refractivity (Wildman–Crippen MR) is 92.1 cm³/mol. The lowest BCUT2D eigenvalue weighted by atomic mass is 10.0. The van der Waals surface area contributed by atoms with E-state index in [9.17, 15) is 4.79 Å². The van der Waals surface area contributed by atoms with Crippen molar-refractivity contribution in [1.29, 1.82) is 0 Å². The molecule has 0 saturated carbocycles. The maximum atomic E-state index is 12.7. The van der Waals surface area contributed by atoms with Gasteiger partial charge in [-0.05, 0) is 30.0 Å². The second-order valence-electron chi connectivity index (χ2n) is 6.48. The fourth-order valence-electron chi connectivity index (χ4n) is 4.04. The molecule has 124 valence electrons. The van der Waals surface area contributed by atoms with Gasteiger partial charge in [0, 0.05) is 19.0 Å². The number of fused-ring (bicyclic) bond motifs is 3. The molecule has 0 bridgehead atoms. The Hall–Kier alpha value is -2.33. The van der Waals surface area contributed by atoms with Crippen molar-refractivity contribution in [3.8, 4) is 0 Å². The minimum Gasteiger partial charge on any atom is -0.449 e. The van der Waals surface area contributed by atoms with Crippen molar-refractivity contribution >= 4 is 6.09 Å². The van der Waals surface area contributed by atoms with Crippen LogP contribution in [0.3, 0.4) is 0 Å². The first-order chi connectivity index (χ1) is 11.8. The molecule has 4 heteroatoms. The lowest BCUT2D eigenvalue weighted by Crippen LogP contribution is -2.42. The quantitative estimate of drug-likeness (QED) is 0.862. The highest BCUT2D eigenvalue weighted by atomic mass is 16.6. The van der Waals surface area contributed by atoms with Crippen molar-refractivity contribution in [3.05, 3.63) is 71.3 Å². The first kappa shape index (κ1) is 15.2. The van der Waals surface area contributed by atoms with Gasteiger partial charge in [0.25, 0.3) is 0 Å². The zero-order valence-corrected chi connectivity index (χ0v) is 13.9. The van der Waals surface area contributed by atoms with E-state index in [0.29, 0.717) is 12.5 Å².